The van der Waals surface area contributed by atoms with E-state index in [1.165, 1.54) is 5.56 Å². The fraction of sp³-hybridized carbons (Fsp3) is 0.200. The highest BCUT2D eigenvalue weighted by Crippen LogP contribution is 2.34. The molecule has 0 fully saturated rings. The average Bonchev–Trinajstić information content (AvgIpc) is 2.42. The van der Waals surface area contributed by atoms with E-state index >= 15 is 0 Å². The predicted molar refractivity (Wildman–Crippen MR) is 80.7 cm³/mol. The summed E-state index contributed by atoms with van der Waals surface area (Å²) in [6, 6.07) is 13.5. The Labute approximate surface area is 121 Å². The van der Waals surface area contributed by atoms with Crippen molar-refractivity contribution in [2.24, 2.45) is 0 Å². The Balaban J connectivity index is 1.97. The summed E-state index contributed by atoms with van der Waals surface area (Å²) in [4.78, 5) is 0. The zero-order chi connectivity index (χ0) is 13.7. The zero-order valence-corrected chi connectivity index (χ0v) is 12.3. The molecule has 2 N–H and O–H groups in total. The van der Waals surface area contributed by atoms with Crippen molar-refractivity contribution in [3.05, 3.63) is 52.5 Å². The lowest BCUT2D eigenvalue weighted by molar-refractivity contribution is 0.296. The van der Waals surface area contributed by atoms with Gasteiger partial charge in [-0.3, -0.25) is 0 Å². The molecule has 100 valence electrons. The molecule has 0 saturated carbocycles. The molecular weight excluding hydrogens is 306 g/mol. The monoisotopic (exact) mass is 321 g/mol. The topological polar surface area (TPSA) is 44.5 Å². The SMILES string of the molecule is COc1cccc(Br)c1OCCc1ccc(N)cc1. The second kappa shape index (κ2) is 6.48. The Morgan fingerprint density at radius 1 is 1.11 bits per heavy atom. The predicted octanol–water partition coefficient (Wildman–Crippen LogP) is 3.66. The lowest BCUT2D eigenvalue weighted by atomic mass is 10.1. The van der Waals surface area contributed by atoms with Crippen molar-refractivity contribution in [2.75, 3.05) is 19.5 Å². The maximum Gasteiger partial charge on any atom is 0.175 e. The number of anilines is 1. The van der Waals surface area contributed by atoms with Gasteiger partial charge in [0.2, 0.25) is 0 Å². The van der Waals surface area contributed by atoms with Crippen molar-refractivity contribution in [3.8, 4) is 11.5 Å². The van der Waals surface area contributed by atoms with Gasteiger partial charge in [0.25, 0.3) is 0 Å². The minimum absolute atomic E-state index is 0.586. The molecule has 0 heterocycles. The zero-order valence-electron chi connectivity index (χ0n) is 10.7. The number of methoxy groups -OCH3 is 1. The van der Waals surface area contributed by atoms with Crippen molar-refractivity contribution in [2.45, 2.75) is 6.42 Å². The van der Waals surface area contributed by atoms with Crippen LogP contribution >= 0.6 is 15.9 Å². The van der Waals surface area contributed by atoms with E-state index in [9.17, 15) is 0 Å². The molecule has 0 aliphatic rings. The van der Waals surface area contributed by atoms with Crippen LogP contribution in [0.2, 0.25) is 0 Å². The van der Waals surface area contributed by atoms with E-state index in [1.54, 1.807) is 7.11 Å². The number of rotatable bonds is 5. The Morgan fingerprint density at radius 2 is 1.84 bits per heavy atom. The second-order valence-electron chi connectivity index (χ2n) is 4.11. The second-order valence-corrected chi connectivity index (χ2v) is 4.97. The Morgan fingerprint density at radius 3 is 2.53 bits per heavy atom. The summed E-state index contributed by atoms with van der Waals surface area (Å²) in [5.74, 6) is 1.46. The van der Waals surface area contributed by atoms with Crippen molar-refractivity contribution < 1.29 is 9.47 Å². The fourth-order valence-electron chi connectivity index (χ4n) is 1.75. The van der Waals surface area contributed by atoms with Crippen molar-refractivity contribution in [1.82, 2.24) is 0 Å². The fourth-order valence-corrected chi connectivity index (χ4v) is 2.21. The van der Waals surface area contributed by atoms with Gasteiger partial charge in [-0.15, -0.1) is 0 Å². The van der Waals surface area contributed by atoms with Crippen LogP contribution in [0.3, 0.4) is 0 Å². The molecule has 0 saturated heterocycles. The van der Waals surface area contributed by atoms with E-state index in [2.05, 4.69) is 15.9 Å². The summed E-state index contributed by atoms with van der Waals surface area (Å²) < 4.78 is 12.0. The minimum Gasteiger partial charge on any atom is -0.493 e. The Bertz CT molecular complexity index is 540. The van der Waals surface area contributed by atoms with Crippen molar-refractivity contribution in [3.63, 3.8) is 0 Å². The van der Waals surface area contributed by atoms with E-state index in [0.717, 1.165) is 28.1 Å². The first kappa shape index (κ1) is 13.7. The molecule has 2 rings (SSSR count). The van der Waals surface area contributed by atoms with Gasteiger partial charge in [-0.2, -0.15) is 0 Å². The summed E-state index contributed by atoms with van der Waals surface area (Å²) in [5.41, 5.74) is 7.62. The van der Waals surface area contributed by atoms with E-state index in [1.807, 2.05) is 42.5 Å². The van der Waals surface area contributed by atoms with Crippen molar-refractivity contribution in [1.29, 1.82) is 0 Å². The van der Waals surface area contributed by atoms with Gasteiger partial charge < -0.3 is 15.2 Å². The standard InChI is InChI=1S/C15H16BrNO2/c1-18-14-4-2-3-13(16)15(14)19-10-9-11-5-7-12(17)8-6-11/h2-8H,9-10,17H2,1H3. The lowest BCUT2D eigenvalue weighted by Crippen LogP contribution is -2.03. The summed E-state index contributed by atoms with van der Waals surface area (Å²) in [6.45, 7) is 0.586. The van der Waals surface area contributed by atoms with E-state index < -0.39 is 0 Å². The molecule has 4 heteroatoms. The molecule has 0 aromatic heterocycles. The maximum atomic E-state index is 5.79. The highest BCUT2D eigenvalue weighted by Gasteiger charge is 2.08. The molecule has 0 bridgehead atoms. The first-order chi connectivity index (χ1) is 9.20. The number of nitrogen functional groups attached to an aromatic ring is 1. The normalized spacial score (nSPS) is 10.2. The minimum atomic E-state index is 0.586. The van der Waals surface area contributed by atoms with Gasteiger partial charge in [-0.05, 0) is 45.8 Å². The molecule has 2 aromatic carbocycles. The number of nitrogens with two attached hydrogens (primary N) is 1. The number of halogens is 1. The third-order valence-corrected chi connectivity index (χ3v) is 3.39. The molecular formula is C15H16BrNO2. The van der Waals surface area contributed by atoms with Crippen LogP contribution in [0.1, 0.15) is 5.56 Å². The molecule has 0 unspecified atom stereocenters. The maximum absolute atomic E-state index is 5.79. The van der Waals surface area contributed by atoms with Gasteiger partial charge in [-0.1, -0.05) is 18.2 Å². The van der Waals surface area contributed by atoms with Gasteiger partial charge in [0.1, 0.15) is 0 Å². The molecule has 2 aromatic rings. The van der Waals surface area contributed by atoms with E-state index in [0.29, 0.717) is 6.61 Å². The molecule has 0 aliphatic heterocycles. The number of ether oxygens (including phenoxy) is 2. The number of hydrogen-bond donors (Lipinski definition) is 1. The third-order valence-electron chi connectivity index (χ3n) is 2.77. The Kier molecular flexibility index (Phi) is 4.68. The summed E-state index contributed by atoms with van der Waals surface area (Å²) in [5, 5.41) is 0. The van der Waals surface area contributed by atoms with Gasteiger partial charge in [0, 0.05) is 12.1 Å². The van der Waals surface area contributed by atoms with Gasteiger partial charge in [0.15, 0.2) is 11.5 Å². The lowest BCUT2D eigenvalue weighted by Gasteiger charge is -2.12. The number of benzene rings is 2. The Hall–Kier alpha value is -1.68. The molecule has 0 radical (unpaired) electrons. The molecule has 0 spiro atoms. The number of para-hydroxylation sites is 1. The van der Waals surface area contributed by atoms with Gasteiger partial charge in [-0.25, -0.2) is 0 Å². The van der Waals surface area contributed by atoms with E-state index in [4.69, 9.17) is 15.2 Å². The van der Waals surface area contributed by atoms with Crippen LogP contribution in [0, 0.1) is 0 Å². The van der Waals surface area contributed by atoms with Crippen LogP contribution in [0.25, 0.3) is 0 Å². The van der Waals surface area contributed by atoms with Crippen LogP contribution in [0.5, 0.6) is 11.5 Å². The van der Waals surface area contributed by atoms with Crippen LogP contribution in [-0.2, 0) is 6.42 Å². The van der Waals surface area contributed by atoms with Gasteiger partial charge >= 0.3 is 0 Å². The largest absolute Gasteiger partial charge is 0.493 e. The molecule has 3 nitrogen and oxygen atoms in total. The third kappa shape index (κ3) is 3.64. The smallest absolute Gasteiger partial charge is 0.175 e. The quantitative estimate of drug-likeness (QED) is 0.855. The summed E-state index contributed by atoms with van der Waals surface area (Å²) in [7, 11) is 1.63. The molecule has 0 atom stereocenters. The highest BCUT2D eigenvalue weighted by molar-refractivity contribution is 9.10. The first-order valence-electron chi connectivity index (χ1n) is 6.00. The first-order valence-corrected chi connectivity index (χ1v) is 6.79. The summed E-state index contributed by atoms with van der Waals surface area (Å²) >= 11 is 3.46. The highest BCUT2D eigenvalue weighted by atomic mass is 79.9. The molecule has 0 aliphatic carbocycles. The average molecular weight is 322 g/mol. The van der Waals surface area contributed by atoms with Crippen LogP contribution in [0.4, 0.5) is 5.69 Å². The van der Waals surface area contributed by atoms with Gasteiger partial charge in [0.05, 0.1) is 18.2 Å². The van der Waals surface area contributed by atoms with E-state index in [-0.39, 0.29) is 0 Å². The molecule has 0 amide bonds. The van der Waals surface area contributed by atoms with Crippen LogP contribution in [-0.4, -0.2) is 13.7 Å². The number of hydrogen-bond acceptors (Lipinski definition) is 3. The van der Waals surface area contributed by atoms with Crippen molar-refractivity contribution >= 4 is 21.6 Å². The molecule has 19 heavy (non-hydrogen) atoms. The van der Waals surface area contributed by atoms with Crippen LogP contribution < -0.4 is 15.2 Å². The summed E-state index contributed by atoms with van der Waals surface area (Å²) in [6.07, 6.45) is 0.824. The van der Waals surface area contributed by atoms with Crippen LogP contribution in [0.15, 0.2) is 46.9 Å².